The van der Waals surface area contributed by atoms with Gasteiger partial charge >= 0.3 is 8.60 Å². The fraction of sp³-hybridized carbons (Fsp3) is 0.478. The number of aromatic hydroxyl groups is 1. The Bertz CT molecular complexity index is 843. The number of hydrogen-bond donors (Lipinski definition) is 3. The Labute approximate surface area is 170 Å². The standard InChI is InChI=1S/C23H33O4P/c1-21(2,3)17-13-15(9-11-19(17)24)23(7,8)16-10-12-20(27-28(25)26)18(14-16)22(4,5)6/h9-14,24-26H,1-8H3. The van der Waals surface area contributed by atoms with Crippen molar-refractivity contribution in [2.45, 2.75) is 71.6 Å². The number of phenolic OH excluding ortho intramolecular Hbond substituents is 1. The first-order chi connectivity index (χ1) is 12.6. The molecule has 2 aromatic rings. The van der Waals surface area contributed by atoms with Crippen molar-refractivity contribution in [2.75, 3.05) is 0 Å². The topological polar surface area (TPSA) is 69.9 Å². The fourth-order valence-electron chi connectivity index (χ4n) is 3.36. The highest BCUT2D eigenvalue weighted by Crippen LogP contribution is 2.42. The molecule has 0 aliphatic rings. The van der Waals surface area contributed by atoms with Crippen LogP contribution in [0.4, 0.5) is 0 Å². The summed E-state index contributed by atoms with van der Waals surface area (Å²) in [6.45, 7) is 16.8. The van der Waals surface area contributed by atoms with Crippen LogP contribution in [0.25, 0.3) is 0 Å². The van der Waals surface area contributed by atoms with Crippen LogP contribution in [-0.4, -0.2) is 14.9 Å². The van der Waals surface area contributed by atoms with Crippen LogP contribution >= 0.6 is 8.60 Å². The first-order valence-electron chi connectivity index (χ1n) is 9.49. The summed E-state index contributed by atoms with van der Waals surface area (Å²) < 4.78 is 5.27. The third kappa shape index (κ3) is 4.86. The molecular formula is C23H33O4P. The summed E-state index contributed by atoms with van der Waals surface area (Å²) >= 11 is 0. The van der Waals surface area contributed by atoms with Crippen molar-refractivity contribution < 1.29 is 19.4 Å². The van der Waals surface area contributed by atoms with Crippen molar-refractivity contribution in [3.05, 3.63) is 58.7 Å². The first-order valence-corrected chi connectivity index (χ1v) is 10.7. The largest absolute Gasteiger partial charge is 0.508 e. The van der Waals surface area contributed by atoms with Crippen LogP contribution in [0.15, 0.2) is 36.4 Å². The SMILES string of the molecule is CC(C)(C)c1cc(C(C)(C)c2ccc(OP(O)O)c(C(C)(C)C)c2)ccc1O. The van der Waals surface area contributed by atoms with Crippen molar-refractivity contribution >= 4 is 8.60 Å². The molecule has 0 atom stereocenters. The summed E-state index contributed by atoms with van der Waals surface area (Å²) in [6.07, 6.45) is 0. The molecule has 0 saturated carbocycles. The molecule has 0 saturated heterocycles. The monoisotopic (exact) mass is 404 g/mol. The molecule has 3 N–H and O–H groups in total. The van der Waals surface area contributed by atoms with Crippen LogP contribution in [-0.2, 0) is 16.2 Å². The molecule has 2 aromatic carbocycles. The van der Waals surface area contributed by atoms with Gasteiger partial charge in [0.25, 0.3) is 0 Å². The van der Waals surface area contributed by atoms with Gasteiger partial charge in [-0.15, -0.1) is 0 Å². The minimum Gasteiger partial charge on any atom is -0.508 e. The molecule has 154 valence electrons. The summed E-state index contributed by atoms with van der Waals surface area (Å²) in [5.74, 6) is 0.801. The predicted molar refractivity (Wildman–Crippen MR) is 116 cm³/mol. The Hall–Kier alpha value is -1.61. The first kappa shape index (κ1) is 22.7. The van der Waals surface area contributed by atoms with Gasteiger partial charge in [0, 0.05) is 11.0 Å². The number of rotatable bonds is 4. The normalized spacial score (nSPS) is 13.1. The summed E-state index contributed by atoms with van der Waals surface area (Å²) in [5, 5.41) is 10.3. The molecule has 0 unspecified atom stereocenters. The molecule has 0 fully saturated rings. The molecule has 0 spiro atoms. The predicted octanol–water partition coefficient (Wildman–Crippen LogP) is 5.90. The van der Waals surface area contributed by atoms with E-state index in [4.69, 9.17) is 4.52 Å². The van der Waals surface area contributed by atoms with E-state index in [1.165, 1.54) is 0 Å². The summed E-state index contributed by atoms with van der Waals surface area (Å²) in [6, 6.07) is 11.7. The molecule has 4 nitrogen and oxygen atoms in total. The van der Waals surface area contributed by atoms with Crippen molar-refractivity contribution in [3.63, 3.8) is 0 Å². The summed E-state index contributed by atoms with van der Waals surface area (Å²) in [4.78, 5) is 18.6. The molecule has 2 rings (SSSR count). The van der Waals surface area contributed by atoms with Crippen LogP contribution in [0.2, 0.25) is 0 Å². The van der Waals surface area contributed by atoms with Gasteiger partial charge in [-0.05, 0) is 39.7 Å². The molecule has 0 aromatic heterocycles. The van der Waals surface area contributed by atoms with Gasteiger partial charge < -0.3 is 19.4 Å². The van der Waals surface area contributed by atoms with Gasteiger partial charge in [-0.25, -0.2) is 0 Å². The average Bonchev–Trinajstić information content (AvgIpc) is 2.52. The van der Waals surface area contributed by atoms with E-state index in [-0.39, 0.29) is 16.2 Å². The second-order valence-electron chi connectivity index (χ2n) is 9.91. The van der Waals surface area contributed by atoms with E-state index in [9.17, 15) is 14.9 Å². The van der Waals surface area contributed by atoms with Gasteiger partial charge in [-0.3, -0.25) is 0 Å². The molecule has 5 heteroatoms. The summed E-state index contributed by atoms with van der Waals surface area (Å²) in [7, 11) is -2.47. The molecular weight excluding hydrogens is 371 g/mol. The van der Waals surface area contributed by atoms with Gasteiger partial charge in [0.05, 0.1) is 0 Å². The van der Waals surface area contributed by atoms with E-state index < -0.39 is 8.60 Å². The molecule has 0 aliphatic heterocycles. The number of hydrogen-bond acceptors (Lipinski definition) is 4. The van der Waals surface area contributed by atoms with E-state index in [1.807, 2.05) is 18.2 Å². The number of phenols is 1. The van der Waals surface area contributed by atoms with Crippen LogP contribution in [0.1, 0.15) is 77.6 Å². The van der Waals surface area contributed by atoms with Crippen LogP contribution < -0.4 is 4.52 Å². The van der Waals surface area contributed by atoms with Crippen molar-refractivity contribution in [1.29, 1.82) is 0 Å². The van der Waals surface area contributed by atoms with Crippen molar-refractivity contribution in [3.8, 4) is 11.5 Å². The smallest absolute Gasteiger partial charge is 0.391 e. The van der Waals surface area contributed by atoms with Gasteiger partial charge in [-0.2, -0.15) is 0 Å². The Morgan fingerprint density at radius 3 is 1.64 bits per heavy atom. The minimum atomic E-state index is -2.47. The quantitative estimate of drug-likeness (QED) is 0.555. The maximum atomic E-state index is 10.3. The lowest BCUT2D eigenvalue weighted by Crippen LogP contribution is -2.22. The zero-order valence-corrected chi connectivity index (χ0v) is 19.1. The zero-order valence-electron chi connectivity index (χ0n) is 18.2. The second kappa shape index (κ2) is 7.67. The van der Waals surface area contributed by atoms with E-state index in [0.717, 1.165) is 22.3 Å². The van der Waals surface area contributed by atoms with Crippen LogP contribution in [0.3, 0.4) is 0 Å². The Kier molecular flexibility index (Phi) is 6.21. The lowest BCUT2D eigenvalue weighted by atomic mass is 9.73. The lowest BCUT2D eigenvalue weighted by Gasteiger charge is -2.31. The van der Waals surface area contributed by atoms with Gasteiger partial charge in [-0.1, -0.05) is 79.7 Å². The van der Waals surface area contributed by atoms with E-state index >= 15 is 0 Å². The Morgan fingerprint density at radius 2 is 1.18 bits per heavy atom. The Balaban J connectivity index is 2.60. The van der Waals surface area contributed by atoms with E-state index in [0.29, 0.717) is 11.5 Å². The van der Waals surface area contributed by atoms with Gasteiger partial charge in [0.2, 0.25) is 0 Å². The van der Waals surface area contributed by atoms with E-state index in [2.05, 4.69) is 67.5 Å². The summed E-state index contributed by atoms with van der Waals surface area (Å²) in [5.41, 5.74) is 3.34. The Morgan fingerprint density at radius 1 is 0.714 bits per heavy atom. The van der Waals surface area contributed by atoms with Crippen LogP contribution in [0, 0.1) is 0 Å². The van der Waals surface area contributed by atoms with E-state index in [1.54, 1.807) is 6.07 Å². The van der Waals surface area contributed by atoms with Crippen molar-refractivity contribution in [1.82, 2.24) is 0 Å². The number of benzene rings is 2. The van der Waals surface area contributed by atoms with Crippen LogP contribution in [0.5, 0.6) is 11.5 Å². The maximum absolute atomic E-state index is 10.3. The third-order valence-electron chi connectivity index (χ3n) is 5.22. The molecule has 0 aliphatic carbocycles. The highest BCUT2D eigenvalue weighted by atomic mass is 31.2. The molecule has 28 heavy (non-hydrogen) atoms. The van der Waals surface area contributed by atoms with Crippen molar-refractivity contribution in [2.24, 2.45) is 0 Å². The average molecular weight is 404 g/mol. The fourth-order valence-corrected chi connectivity index (χ4v) is 3.70. The highest BCUT2D eigenvalue weighted by molar-refractivity contribution is 7.39. The zero-order chi connectivity index (χ0) is 21.5. The van der Waals surface area contributed by atoms with Gasteiger partial charge in [0.1, 0.15) is 11.5 Å². The van der Waals surface area contributed by atoms with Gasteiger partial charge in [0.15, 0.2) is 0 Å². The minimum absolute atomic E-state index is 0.163. The third-order valence-corrected chi connectivity index (χ3v) is 5.58. The second-order valence-corrected chi connectivity index (χ2v) is 10.6. The molecule has 0 amide bonds. The maximum Gasteiger partial charge on any atom is 0.391 e. The lowest BCUT2D eigenvalue weighted by molar-refractivity contribution is 0.369. The highest BCUT2D eigenvalue weighted by Gasteiger charge is 2.29. The molecule has 0 heterocycles. The molecule has 0 radical (unpaired) electrons. The molecule has 0 bridgehead atoms.